The monoisotopic (exact) mass is 854 g/mol. The number of carbonyl (C=O) groups excluding carboxylic acids is 1. The molecule has 0 radical (unpaired) electrons. The molecule has 0 saturated carbocycles. The van der Waals surface area contributed by atoms with Gasteiger partial charge in [0.05, 0.1) is 39.9 Å². The Labute approximate surface area is 363 Å². The van der Waals surface area contributed by atoms with Gasteiger partial charge in [-0.1, -0.05) is 158 Å². The van der Waals surface area contributed by atoms with Crippen molar-refractivity contribution in [3.8, 4) is 0 Å². The number of aliphatic hydroxyl groups is 2. The van der Waals surface area contributed by atoms with Gasteiger partial charge in [0.25, 0.3) is 0 Å². The van der Waals surface area contributed by atoms with Crippen molar-refractivity contribution in [2.45, 2.75) is 218 Å². The van der Waals surface area contributed by atoms with Crippen molar-refractivity contribution in [2.24, 2.45) is 0 Å². The minimum absolute atomic E-state index is 0.0113. The zero-order valence-corrected chi connectivity index (χ0v) is 39.7. The van der Waals surface area contributed by atoms with E-state index in [-0.39, 0.29) is 18.9 Å². The SMILES string of the molecule is C/C=C/CC/C=C/CC/C=C/CCCC(O)C(O)C(COP(=O)(O)OCC[N+](C)(C)C)NC(=O)CCCCCCCCCCCCC/C=C\CCCCCCCCCC. The normalized spacial score (nSPS) is 15.2. The third kappa shape index (κ3) is 41.5. The van der Waals surface area contributed by atoms with E-state index in [0.717, 1.165) is 57.8 Å². The van der Waals surface area contributed by atoms with E-state index in [9.17, 15) is 24.5 Å². The number of nitrogens with zero attached hydrogens (tertiary/aromatic N) is 1. The molecule has 4 unspecified atom stereocenters. The van der Waals surface area contributed by atoms with Gasteiger partial charge in [-0.25, -0.2) is 4.57 Å². The number of hydrogen-bond donors (Lipinski definition) is 4. The van der Waals surface area contributed by atoms with Gasteiger partial charge in [0.15, 0.2) is 0 Å². The molecule has 10 heteroatoms. The average Bonchev–Trinajstić information content (AvgIpc) is 3.19. The average molecular weight is 854 g/mol. The summed E-state index contributed by atoms with van der Waals surface area (Å²) in [6, 6.07) is -1.06. The first-order chi connectivity index (χ1) is 28.4. The number of likely N-dealkylation sites (N-methyl/N-ethyl adjacent to an activating group) is 1. The largest absolute Gasteiger partial charge is 0.472 e. The molecule has 0 heterocycles. The van der Waals surface area contributed by atoms with Crippen LogP contribution < -0.4 is 5.32 Å². The van der Waals surface area contributed by atoms with Gasteiger partial charge in [-0.3, -0.25) is 13.8 Å². The number of phosphoric ester groups is 1. The molecule has 1 amide bonds. The number of unbranched alkanes of at least 4 members (excludes halogenated alkanes) is 22. The molecular weight excluding hydrogens is 760 g/mol. The summed E-state index contributed by atoms with van der Waals surface area (Å²) in [6.45, 7) is 4.36. The van der Waals surface area contributed by atoms with Gasteiger partial charge in [0, 0.05) is 6.42 Å². The summed E-state index contributed by atoms with van der Waals surface area (Å²) in [5.41, 5.74) is 0. The fourth-order valence-corrected chi connectivity index (χ4v) is 7.56. The van der Waals surface area contributed by atoms with Crippen LogP contribution in [0, 0.1) is 0 Å². The van der Waals surface area contributed by atoms with E-state index in [0.29, 0.717) is 23.9 Å². The van der Waals surface area contributed by atoms with Crippen LogP contribution in [0.5, 0.6) is 0 Å². The van der Waals surface area contributed by atoms with Crippen LogP contribution in [0.25, 0.3) is 0 Å². The summed E-state index contributed by atoms with van der Waals surface area (Å²) in [6.07, 6.45) is 47.7. The molecule has 0 aliphatic heterocycles. The van der Waals surface area contributed by atoms with Gasteiger partial charge < -0.3 is 24.9 Å². The summed E-state index contributed by atoms with van der Waals surface area (Å²) in [5, 5.41) is 24.6. The van der Waals surface area contributed by atoms with Crippen molar-refractivity contribution in [3.63, 3.8) is 0 Å². The number of aliphatic hydroxyl groups excluding tert-OH is 2. The van der Waals surface area contributed by atoms with Crippen molar-refractivity contribution in [1.82, 2.24) is 5.32 Å². The zero-order chi connectivity index (χ0) is 43.7. The minimum Gasteiger partial charge on any atom is -0.390 e. The van der Waals surface area contributed by atoms with E-state index in [1.807, 2.05) is 28.1 Å². The van der Waals surface area contributed by atoms with E-state index in [1.165, 1.54) is 109 Å². The number of quaternary nitrogens is 1. The second-order valence-corrected chi connectivity index (χ2v) is 19.1. The van der Waals surface area contributed by atoms with Crippen LogP contribution >= 0.6 is 7.82 Å². The zero-order valence-electron chi connectivity index (χ0n) is 38.8. The first-order valence-electron chi connectivity index (χ1n) is 24.1. The first-order valence-corrected chi connectivity index (χ1v) is 25.5. The molecule has 0 spiro atoms. The van der Waals surface area contributed by atoms with Crippen LogP contribution in [-0.4, -0.2) is 84.6 Å². The molecule has 0 aliphatic carbocycles. The molecule has 0 bridgehead atoms. The Morgan fingerprint density at radius 1 is 0.610 bits per heavy atom. The van der Waals surface area contributed by atoms with E-state index < -0.39 is 32.7 Å². The molecule has 0 aromatic heterocycles. The Bertz CT molecular complexity index is 1120. The Balaban J connectivity index is 4.37. The van der Waals surface area contributed by atoms with Crippen molar-refractivity contribution >= 4 is 13.7 Å². The molecule has 0 fully saturated rings. The lowest BCUT2D eigenvalue weighted by atomic mass is 10.0. The van der Waals surface area contributed by atoms with Crippen LogP contribution in [0.2, 0.25) is 0 Å². The Hall–Kier alpha value is -1.58. The Kier molecular flexibility index (Phi) is 39.4. The van der Waals surface area contributed by atoms with E-state index >= 15 is 0 Å². The standard InChI is InChI=1S/C49H93N2O7P/c1-6-8-10-12-14-16-18-20-21-22-23-24-25-26-27-28-29-30-32-34-36-38-40-42-48(53)50-46(45-58-59(55,56)57-44-43-51(3,4)5)49(54)47(52)41-39-37-35-33-31-19-17-15-13-11-9-7-2/h7,9,15,17,22-23,33,35,46-47,49,52,54H,6,8,10-14,16,18-21,24-32,34,36-45H2,1-5H3,(H-,50,53,55,56)/p+1/b9-7+,17-15+,23-22-,35-33+. The van der Waals surface area contributed by atoms with Crippen LogP contribution in [0.3, 0.4) is 0 Å². The molecule has 4 atom stereocenters. The molecule has 0 aromatic carbocycles. The predicted molar refractivity (Wildman–Crippen MR) is 250 cm³/mol. The molecule has 9 nitrogen and oxygen atoms in total. The number of phosphoric acid groups is 1. The molecule has 59 heavy (non-hydrogen) atoms. The fraction of sp³-hybridized carbons (Fsp3) is 0.816. The fourth-order valence-electron chi connectivity index (χ4n) is 6.82. The van der Waals surface area contributed by atoms with Gasteiger partial charge in [0.2, 0.25) is 5.91 Å². The summed E-state index contributed by atoms with van der Waals surface area (Å²) < 4.78 is 23.5. The van der Waals surface area contributed by atoms with Gasteiger partial charge in [0.1, 0.15) is 19.3 Å². The van der Waals surface area contributed by atoms with Crippen molar-refractivity contribution in [2.75, 3.05) is 40.9 Å². The van der Waals surface area contributed by atoms with Crippen LogP contribution in [0.1, 0.15) is 200 Å². The maximum atomic E-state index is 12.9. The number of rotatable bonds is 43. The maximum absolute atomic E-state index is 12.9. The molecule has 0 aromatic rings. The quantitative estimate of drug-likeness (QED) is 0.0208. The van der Waals surface area contributed by atoms with Gasteiger partial charge in [-0.15, -0.1) is 0 Å². The van der Waals surface area contributed by atoms with Crippen molar-refractivity contribution in [1.29, 1.82) is 0 Å². The highest BCUT2D eigenvalue weighted by atomic mass is 31.2. The second-order valence-electron chi connectivity index (χ2n) is 17.6. The molecule has 0 aliphatic rings. The van der Waals surface area contributed by atoms with Gasteiger partial charge in [-0.2, -0.15) is 0 Å². The number of carbonyl (C=O) groups is 1. The van der Waals surface area contributed by atoms with Crippen molar-refractivity contribution < 1.29 is 38.0 Å². The summed E-state index contributed by atoms with van der Waals surface area (Å²) in [7, 11) is 1.40. The molecule has 0 rings (SSSR count). The van der Waals surface area contributed by atoms with E-state index in [1.54, 1.807) is 0 Å². The van der Waals surface area contributed by atoms with Gasteiger partial charge >= 0.3 is 7.82 Å². The highest BCUT2D eigenvalue weighted by molar-refractivity contribution is 7.47. The summed E-state index contributed by atoms with van der Waals surface area (Å²) in [4.78, 5) is 23.2. The first kappa shape index (κ1) is 57.4. The highest BCUT2D eigenvalue weighted by Gasteiger charge is 2.31. The highest BCUT2D eigenvalue weighted by Crippen LogP contribution is 2.43. The summed E-state index contributed by atoms with van der Waals surface area (Å²) in [5.74, 6) is -0.277. The number of amides is 1. The number of nitrogens with one attached hydrogen (secondary N) is 1. The third-order valence-electron chi connectivity index (χ3n) is 10.7. The van der Waals surface area contributed by atoms with E-state index in [4.69, 9.17) is 9.05 Å². The van der Waals surface area contributed by atoms with Crippen LogP contribution in [0.15, 0.2) is 48.6 Å². The molecular formula is C49H94N2O7P+. The topological polar surface area (TPSA) is 125 Å². The lowest BCUT2D eigenvalue weighted by molar-refractivity contribution is -0.870. The molecule has 346 valence electrons. The van der Waals surface area contributed by atoms with Crippen LogP contribution in [0.4, 0.5) is 0 Å². The smallest absolute Gasteiger partial charge is 0.390 e. The summed E-state index contributed by atoms with van der Waals surface area (Å²) >= 11 is 0. The van der Waals surface area contributed by atoms with E-state index in [2.05, 4.69) is 60.8 Å². The van der Waals surface area contributed by atoms with Crippen LogP contribution in [-0.2, 0) is 18.4 Å². The molecule has 4 N–H and O–H groups in total. The third-order valence-corrected chi connectivity index (χ3v) is 11.7. The number of allylic oxidation sites excluding steroid dienone is 8. The Morgan fingerprint density at radius 3 is 1.51 bits per heavy atom. The maximum Gasteiger partial charge on any atom is 0.472 e. The number of hydrogen-bond acceptors (Lipinski definition) is 6. The molecule has 0 saturated heterocycles. The lowest BCUT2D eigenvalue weighted by Crippen LogP contribution is -2.51. The predicted octanol–water partition coefficient (Wildman–Crippen LogP) is 12.6. The Morgan fingerprint density at radius 2 is 1.03 bits per heavy atom. The lowest BCUT2D eigenvalue weighted by Gasteiger charge is -2.28. The van der Waals surface area contributed by atoms with Gasteiger partial charge in [-0.05, 0) is 84.0 Å². The second kappa shape index (κ2) is 40.5. The minimum atomic E-state index is -4.43. The van der Waals surface area contributed by atoms with Crippen molar-refractivity contribution in [3.05, 3.63) is 48.6 Å².